The molecule has 4 rings (SSSR count). The van der Waals surface area contributed by atoms with Crippen molar-refractivity contribution in [3.8, 4) is 0 Å². The number of anilines is 2. The number of rotatable bonds is 4. The summed E-state index contributed by atoms with van der Waals surface area (Å²) in [5.41, 5.74) is 4.62. The third kappa shape index (κ3) is 3.96. The van der Waals surface area contributed by atoms with Crippen molar-refractivity contribution < 1.29 is 14.3 Å². The van der Waals surface area contributed by atoms with Crippen LogP contribution < -0.4 is 5.32 Å². The largest absolute Gasteiger partial charge is 0.465 e. The zero-order valence-electron chi connectivity index (χ0n) is 16.1. The van der Waals surface area contributed by atoms with Crippen LogP contribution in [0.5, 0.6) is 0 Å². The van der Waals surface area contributed by atoms with Gasteiger partial charge in [-0.3, -0.25) is 9.78 Å². The van der Waals surface area contributed by atoms with Gasteiger partial charge in [0.25, 0.3) is 5.91 Å². The smallest absolute Gasteiger partial charge is 0.339 e. The predicted octanol–water partition coefficient (Wildman–Crippen LogP) is 3.81. The van der Waals surface area contributed by atoms with Crippen LogP contribution in [-0.2, 0) is 17.7 Å². The maximum Gasteiger partial charge on any atom is 0.339 e. The molecule has 146 valence electrons. The van der Waals surface area contributed by atoms with Crippen LogP contribution in [0.15, 0.2) is 67.0 Å². The van der Waals surface area contributed by atoms with Gasteiger partial charge >= 0.3 is 5.97 Å². The third-order valence-electron chi connectivity index (χ3n) is 5.01. The van der Waals surface area contributed by atoms with Gasteiger partial charge in [-0.2, -0.15) is 0 Å². The van der Waals surface area contributed by atoms with Crippen LogP contribution in [0.1, 0.15) is 31.8 Å². The predicted molar refractivity (Wildman–Crippen MR) is 110 cm³/mol. The first-order valence-electron chi connectivity index (χ1n) is 9.41. The standard InChI is InChI=1S/C23H21N3O3/c1-29-23(28)20-8-4-5-9-21(20)25-19-12-18(13-24-14-19)22(27)26-11-10-16-6-2-3-7-17(16)15-26/h2-9,12-14,25H,10-11,15H2,1H3. The van der Waals surface area contributed by atoms with Crippen molar-refractivity contribution in [1.82, 2.24) is 9.88 Å². The monoisotopic (exact) mass is 387 g/mol. The Balaban J connectivity index is 1.54. The van der Waals surface area contributed by atoms with Gasteiger partial charge in [-0.05, 0) is 35.7 Å². The minimum absolute atomic E-state index is 0.0584. The Morgan fingerprint density at radius 1 is 1.03 bits per heavy atom. The Hall–Kier alpha value is -3.67. The van der Waals surface area contributed by atoms with Crippen LogP contribution >= 0.6 is 0 Å². The van der Waals surface area contributed by atoms with Gasteiger partial charge in [0.2, 0.25) is 0 Å². The molecular formula is C23H21N3O3. The van der Waals surface area contributed by atoms with Crippen LogP contribution in [0.2, 0.25) is 0 Å². The van der Waals surface area contributed by atoms with E-state index in [0.717, 1.165) is 6.42 Å². The van der Waals surface area contributed by atoms with E-state index in [1.807, 2.05) is 23.1 Å². The fourth-order valence-corrected chi connectivity index (χ4v) is 3.51. The lowest BCUT2D eigenvalue weighted by atomic mass is 9.99. The van der Waals surface area contributed by atoms with E-state index in [4.69, 9.17) is 4.74 Å². The minimum Gasteiger partial charge on any atom is -0.465 e. The lowest BCUT2D eigenvalue weighted by Gasteiger charge is -2.29. The fraction of sp³-hybridized carbons (Fsp3) is 0.174. The van der Waals surface area contributed by atoms with Gasteiger partial charge in [-0.15, -0.1) is 0 Å². The van der Waals surface area contributed by atoms with Crippen LogP contribution in [0, 0.1) is 0 Å². The molecule has 0 radical (unpaired) electrons. The number of hydrogen-bond donors (Lipinski definition) is 1. The Kier molecular flexibility index (Phi) is 5.24. The van der Waals surface area contributed by atoms with Gasteiger partial charge in [0.05, 0.1) is 35.8 Å². The maximum absolute atomic E-state index is 13.0. The molecule has 0 unspecified atom stereocenters. The number of nitrogens with one attached hydrogen (secondary N) is 1. The number of carbonyl (C=O) groups is 2. The number of benzene rings is 2. The second-order valence-electron chi connectivity index (χ2n) is 6.87. The molecule has 6 heteroatoms. The van der Waals surface area contributed by atoms with Crippen molar-refractivity contribution in [3.63, 3.8) is 0 Å². The number of hydrogen-bond acceptors (Lipinski definition) is 5. The van der Waals surface area contributed by atoms with Crippen LogP contribution in [-0.4, -0.2) is 35.4 Å². The first kappa shape index (κ1) is 18.7. The molecule has 0 bridgehead atoms. The first-order valence-corrected chi connectivity index (χ1v) is 9.41. The number of aromatic nitrogens is 1. The molecular weight excluding hydrogens is 366 g/mol. The summed E-state index contributed by atoms with van der Waals surface area (Å²) in [4.78, 5) is 31.0. The summed E-state index contributed by atoms with van der Waals surface area (Å²) in [5.74, 6) is -0.489. The fourth-order valence-electron chi connectivity index (χ4n) is 3.51. The molecule has 0 aliphatic carbocycles. The third-order valence-corrected chi connectivity index (χ3v) is 5.01. The minimum atomic E-state index is -0.430. The molecule has 1 N–H and O–H groups in total. The summed E-state index contributed by atoms with van der Waals surface area (Å²) in [6.45, 7) is 1.27. The van der Waals surface area contributed by atoms with Crippen LogP contribution in [0.3, 0.4) is 0 Å². The van der Waals surface area contributed by atoms with Crippen molar-refractivity contribution in [1.29, 1.82) is 0 Å². The Labute approximate surface area is 169 Å². The van der Waals surface area contributed by atoms with Gasteiger partial charge in [-0.1, -0.05) is 36.4 Å². The number of esters is 1. The summed E-state index contributed by atoms with van der Waals surface area (Å²) in [6, 6.07) is 17.0. The van der Waals surface area contributed by atoms with Crippen LogP contribution in [0.4, 0.5) is 11.4 Å². The maximum atomic E-state index is 13.0. The molecule has 0 atom stereocenters. The van der Waals surface area contributed by atoms with E-state index < -0.39 is 5.97 Å². The second-order valence-corrected chi connectivity index (χ2v) is 6.87. The van der Waals surface area contributed by atoms with Gasteiger partial charge in [0, 0.05) is 19.3 Å². The zero-order valence-corrected chi connectivity index (χ0v) is 16.1. The van der Waals surface area contributed by atoms with Gasteiger partial charge in [0.15, 0.2) is 0 Å². The topological polar surface area (TPSA) is 71.5 Å². The summed E-state index contributed by atoms with van der Waals surface area (Å²) in [6.07, 6.45) is 4.04. The molecule has 0 saturated heterocycles. The summed E-state index contributed by atoms with van der Waals surface area (Å²) in [7, 11) is 1.34. The molecule has 2 aromatic carbocycles. The Morgan fingerprint density at radius 2 is 1.79 bits per heavy atom. The number of ether oxygens (including phenoxy) is 1. The van der Waals surface area contributed by atoms with Crippen molar-refractivity contribution in [2.75, 3.05) is 19.0 Å². The van der Waals surface area contributed by atoms with E-state index in [2.05, 4.69) is 22.4 Å². The van der Waals surface area contributed by atoms with Crippen LogP contribution in [0.25, 0.3) is 0 Å². The van der Waals surface area contributed by atoms with E-state index in [1.54, 1.807) is 36.7 Å². The highest BCUT2D eigenvalue weighted by Gasteiger charge is 2.22. The van der Waals surface area contributed by atoms with Gasteiger partial charge < -0.3 is 15.0 Å². The number of fused-ring (bicyclic) bond motifs is 1. The highest BCUT2D eigenvalue weighted by atomic mass is 16.5. The second kappa shape index (κ2) is 8.14. The number of pyridine rings is 1. The average Bonchev–Trinajstić information content (AvgIpc) is 2.78. The highest BCUT2D eigenvalue weighted by molar-refractivity contribution is 5.97. The molecule has 0 fully saturated rings. The Morgan fingerprint density at radius 3 is 2.62 bits per heavy atom. The number of para-hydroxylation sites is 1. The number of nitrogens with zero attached hydrogens (tertiary/aromatic N) is 2. The molecule has 0 spiro atoms. The van der Waals surface area contributed by atoms with E-state index in [9.17, 15) is 9.59 Å². The molecule has 6 nitrogen and oxygen atoms in total. The van der Waals surface area contributed by atoms with Gasteiger partial charge in [-0.25, -0.2) is 4.79 Å². The SMILES string of the molecule is COC(=O)c1ccccc1Nc1cncc(C(=O)N2CCc3ccccc3C2)c1. The lowest BCUT2D eigenvalue weighted by molar-refractivity contribution is 0.0601. The highest BCUT2D eigenvalue weighted by Crippen LogP contribution is 2.24. The Bertz CT molecular complexity index is 1060. The number of methoxy groups -OCH3 is 1. The molecule has 29 heavy (non-hydrogen) atoms. The lowest BCUT2D eigenvalue weighted by Crippen LogP contribution is -2.36. The molecule has 1 aromatic heterocycles. The molecule has 0 saturated carbocycles. The van der Waals surface area contributed by atoms with Crippen molar-refractivity contribution in [2.45, 2.75) is 13.0 Å². The summed E-state index contributed by atoms with van der Waals surface area (Å²) < 4.78 is 4.83. The molecule has 3 aromatic rings. The van der Waals surface area contributed by atoms with Gasteiger partial charge in [0.1, 0.15) is 0 Å². The quantitative estimate of drug-likeness (QED) is 0.690. The normalized spacial score (nSPS) is 12.8. The van der Waals surface area contributed by atoms with Crippen molar-refractivity contribution in [3.05, 3.63) is 89.2 Å². The average molecular weight is 387 g/mol. The molecule has 1 aliphatic heterocycles. The zero-order chi connectivity index (χ0) is 20.2. The summed E-state index contributed by atoms with van der Waals surface area (Å²) >= 11 is 0. The van der Waals surface area contributed by atoms with E-state index in [1.165, 1.54) is 18.2 Å². The van der Waals surface area contributed by atoms with E-state index in [-0.39, 0.29) is 5.91 Å². The van der Waals surface area contributed by atoms with E-state index >= 15 is 0 Å². The van der Waals surface area contributed by atoms with E-state index in [0.29, 0.717) is 35.6 Å². The molecule has 1 aliphatic rings. The van der Waals surface area contributed by atoms with Crippen molar-refractivity contribution >= 4 is 23.3 Å². The molecule has 2 heterocycles. The van der Waals surface area contributed by atoms with Crippen molar-refractivity contribution in [2.24, 2.45) is 0 Å². The number of amides is 1. The summed E-state index contributed by atoms with van der Waals surface area (Å²) in [5, 5.41) is 3.17. The molecule has 1 amide bonds. The first-order chi connectivity index (χ1) is 14.2. The number of carbonyl (C=O) groups excluding carboxylic acids is 2.